The van der Waals surface area contributed by atoms with Crippen LogP contribution >= 0.6 is 0 Å². The van der Waals surface area contributed by atoms with Gasteiger partial charge in [-0.3, -0.25) is 0 Å². The van der Waals surface area contributed by atoms with Crippen molar-refractivity contribution in [2.24, 2.45) is 11.8 Å². The highest BCUT2D eigenvalue weighted by atomic mass is 16.3. The molecule has 0 saturated heterocycles. The fourth-order valence-electron chi connectivity index (χ4n) is 1.43. The molecule has 0 aromatic carbocycles. The van der Waals surface area contributed by atoms with Gasteiger partial charge in [-0.2, -0.15) is 0 Å². The van der Waals surface area contributed by atoms with Crippen molar-refractivity contribution in [3.05, 3.63) is 0 Å². The third kappa shape index (κ3) is 4.41. The molecule has 0 fully saturated rings. The Morgan fingerprint density at radius 1 is 1.09 bits per heavy atom. The molecule has 1 heteroatoms. The molecule has 0 aliphatic rings. The average Bonchev–Trinajstić information content (AvgIpc) is 1.99. The first-order valence-electron chi connectivity index (χ1n) is 4.79. The first-order valence-corrected chi connectivity index (χ1v) is 4.79. The van der Waals surface area contributed by atoms with Gasteiger partial charge in [0, 0.05) is 0 Å². The van der Waals surface area contributed by atoms with E-state index in [2.05, 4.69) is 20.8 Å². The van der Waals surface area contributed by atoms with E-state index < -0.39 is 0 Å². The lowest BCUT2D eigenvalue weighted by atomic mass is 9.87. The quantitative estimate of drug-likeness (QED) is 0.652. The van der Waals surface area contributed by atoms with Crippen LogP contribution in [0.25, 0.3) is 0 Å². The molecule has 0 spiro atoms. The van der Waals surface area contributed by atoms with E-state index in [1.807, 2.05) is 6.92 Å². The lowest BCUT2D eigenvalue weighted by molar-refractivity contribution is 0.123. The highest BCUT2D eigenvalue weighted by molar-refractivity contribution is 4.65. The molecule has 0 rings (SSSR count). The van der Waals surface area contributed by atoms with Gasteiger partial charge in [-0.05, 0) is 24.7 Å². The Balaban J connectivity index is 3.68. The topological polar surface area (TPSA) is 20.2 Å². The Kier molecular flexibility index (Phi) is 5.57. The fourth-order valence-corrected chi connectivity index (χ4v) is 1.43. The highest BCUT2D eigenvalue weighted by Crippen LogP contribution is 2.21. The Bertz CT molecular complexity index is 88.9. The summed E-state index contributed by atoms with van der Waals surface area (Å²) in [6, 6.07) is 0. The molecule has 0 bridgehead atoms. The van der Waals surface area contributed by atoms with Crippen LogP contribution in [0.4, 0.5) is 0 Å². The van der Waals surface area contributed by atoms with Crippen LogP contribution in [0, 0.1) is 11.8 Å². The van der Waals surface area contributed by atoms with Gasteiger partial charge in [-0.25, -0.2) is 0 Å². The van der Waals surface area contributed by atoms with E-state index in [9.17, 15) is 5.11 Å². The van der Waals surface area contributed by atoms with Crippen LogP contribution < -0.4 is 0 Å². The van der Waals surface area contributed by atoms with Gasteiger partial charge in [0.25, 0.3) is 0 Å². The third-order valence-corrected chi connectivity index (χ3v) is 2.51. The fraction of sp³-hybridized carbons (Fsp3) is 1.00. The lowest BCUT2D eigenvalue weighted by Gasteiger charge is -2.21. The molecule has 2 unspecified atom stereocenters. The van der Waals surface area contributed by atoms with Crippen LogP contribution in [0.2, 0.25) is 0 Å². The minimum Gasteiger partial charge on any atom is -0.393 e. The van der Waals surface area contributed by atoms with Crippen LogP contribution in [-0.4, -0.2) is 11.2 Å². The SMILES string of the molecule is CCC(O)CC(CC)C(C)C. The number of aliphatic hydroxyl groups is 1. The number of aliphatic hydroxyl groups excluding tert-OH is 1. The van der Waals surface area contributed by atoms with E-state index in [0.29, 0.717) is 11.8 Å². The van der Waals surface area contributed by atoms with E-state index in [0.717, 1.165) is 12.8 Å². The Hall–Kier alpha value is -0.0400. The number of hydrogen-bond acceptors (Lipinski definition) is 1. The van der Waals surface area contributed by atoms with Crippen LogP contribution in [0.15, 0.2) is 0 Å². The van der Waals surface area contributed by atoms with Crippen molar-refractivity contribution in [1.82, 2.24) is 0 Å². The molecular formula is C10H22O. The predicted molar refractivity (Wildman–Crippen MR) is 49.5 cm³/mol. The van der Waals surface area contributed by atoms with E-state index >= 15 is 0 Å². The Morgan fingerprint density at radius 3 is 1.91 bits per heavy atom. The molecular weight excluding hydrogens is 136 g/mol. The molecule has 1 N–H and O–H groups in total. The normalized spacial score (nSPS) is 16.9. The molecule has 68 valence electrons. The zero-order chi connectivity index (χ0) is 8.85. The van der Waals surface area contributed by atoms with E-state index in [-0.39, 0.29) is 6.10 Å². The van der Waals surface area contributed by atoms with Gasteiger partial charge in [-0.15, -0.1) is 0 Å². The Morgan fingerprint density at radius 2 is 1.64 bits per heavy atom. The second-order valence-corrected chi connectivity index (χ2v) is 3.71. The second kappa shape index (κ2) is 5.59. The van der Waals surface area contributed by atoms with Crippen molar-refractivity contribution >= 4 is 0 Å². The summed E-state index contributed by atoms with van der Waals surface area (Å²) in [5, 5.41) is 9.41. The van der Waals surface area contributed by atoms with Crippen molar-refractivity contribution in [3.63, 3.8) is 0 Å². The van der Waals surface area contributed by atoms with Crippen LogP contribution in [0.3, 0.4) is 0 Å². The summed E-state index contributed by atoms with van der Waals surface area (Å²) in [6.07, 6.45) is 2.98. The van der Waals surface area contributed by atoms with Crippen molar-refractivity contribution in [2.75, 3.05) is 0 Å². The molecule has 0 aromatic rings. The van der Waals surface area contributed by atoms with Crippen LogP contribution in [-0.2, 0) is 0 Å². The van der Waals surface area contributed by atoms with Crippen LogP contribution in [0.5, 0.6) is 0 Å². The average molecular weight is 158 g/mol. The monoisotopic (exact) mass is 158 g/mol. The largest absolute Gasteiger partial charge is 0.393 e. The molecule has 11 heavy (non-hydrogen) atoms. The van der Waals surface area contributed by atoms with Gasteiger partial charge in [-0.1, -0.05) is 34.1 Å². The van der Waals surface area contributed by atoms with Gasteiger partial charge >= 0.3 is 0 Å². The summed E-state index contributed by atoms with van der Waals surface area (Å²) >= 11 is 0. The standard InChI is InChI=1S/C10H22O/c1-5-9(8(3)4)7-10(11)6-2/h8-11H,5-7H2,1-4H3. The van der Waals surface area contributed by atoms with Crippen molar-refractivity contribution in [2.45, 2.75) is 53.1 Å². The van der Waals surface area contributed by atoms with Gasteiger partial charge in [0.05, 0.1) is 6.10 Å². The zero-order valence-electron chi connectivity index (χ0n) is 8.30. The molecule has 1 nitrogen and oxygen atoms in total. The summed E-state index contributed by atoms with van der Waals surface area (Å²) in [5.41, 5.74) is 0. The lowest BCUT2D eigenvalue weighted by Crippen LogP contribution is -2.16. The zero-order valence-corrected chi connectivity index (χ0v) is 8.30. The minimum atomic E-state index is -0.0812. The maximum Gasteiger partial charge on any atom is 0.0540 e. The molecule has 2 atom stereocenters. The van der Waals surface area contributed by atoms with E-state index in [1.54, 1.807) is 0 Å². The highest BCUT2D eigenvalue weighted by Gasteiger charge is 2.14. The number of rotatable bonds is 5. The Labute approximate surface area is 70.8 Å². The molecule has 0 aliphatic carbocycles. The third-order valence-electron chi connectivity index (χ3n) is 2.51. The summed E-state index contributed by atoms with van der Waals surface area (Å²) in [7, 11) is 0. The van der Waals surface area contributed by atoms with Crippen molar-refractivity contribution in [3.8, 4) is 0 Å². The molecule has 0 saturated carbocycles. The first kappa shape index (κ1) is 11.0. The molecule has 0 radical (unpaired) electrons. The summed E-state index contributed by atoms with van der Waals surface area (Å²) in [4.78, 5) is 0. The minimum absolute atomic E-state index is 0.0812. The van der Waals surface area contributed by atoms with E-state index in [1.165, 1.54) is 6.42 Å². The summed E-state index contributed by atoms with van der Waals surface area (Å²) < 4.78 is 0. The van der Waals surface area contributed by atoms with Gasteiger partial charge < -0.3 is 5.11 Å². The molecule has 0 aliphatic heterocycles. The van der Waals surface area contributed by atoms with Crippen molar-refractivity contribution < 1.29 is 5.11 Å². The van der Waals surface area contributed by atoms with Gasteiger partial charge in [0.15, 0.2) is 0 Å². The van der Waals surface area contributed by atoms with Crippen molar-refractivity contribution in [1.29, 1.82) is 0 Å². The van der Waals surface area contributed by atoms with E-state index in [4.69, 9.17) is 0 Å². The molecule has 0 amide bonds. The van der Waals surface area contributed by atoms with Gasteiger partial charge in [0.2, 0.25) is 0 Å². The summed E-state index contributed by atoms with van der Waals surface area (Å²) in [5.74, 6) is 1.41. The van der Waals surface area contributed by atoms with Crippen LogP contribution in [0.1, 0.15) is 47.0 Å². The maximum atomic E-state index is 9.41. The molecule has 0 heterocycles. The van der Waals surface area contributed by atoms with Gasteiger partial charge in [0.1, 0.15) is 0 Å². The summed E-state index contributed by atoms with van der Waals surface area (Å²) in [6.45, 7) is 8.71. The second-order valence-electron chi connectivity index (χ2n) is 3.71. The maximum absolute atomic E-state index is 9.41. The molecule has 0 aromatic heterocycles. The first-order chi connectivity index (χ1) is 5.11. The smallest absolute Gasteiger partial charge is 0.0540 e. The predicted octanol–water partition coefficient (Wildman–Crippen LogP) is 2.83. The number of hydrogen-bond donors (Lipinski definition) is 1.